The molecule has 0 aromatic carbocycles. The van der Waals surface area contributed by atoms with E-state index in [0.717, 1.165) is 6.54 Å². The summed E-state index contributed by atoms with van der Waals surface area (Å²) in [4.78, 5) is 0. The molecular formula is C21H43N. The minimum Gasteiger partial charge on any atom is -0.330 e. The molecule has 0 aromatic heterocycles. The van der Waals surface area contributed by atoms with Gasteiger partial charge in [0.25, 0.3) is 0 Å². The third-order valence-corrected chi connectivity index (χ3v) is 4.47. The molecule has 0 saturated heterocycles. The van der Waals surface area contributed by atoms with Crippen molar-refractivity contribution in [1.82, 2.24) is 0 Å². The average Bonchev–Trinajstić information content (AvgIpc) is 2.54. The van der Waals surface area contributed by atoms with Crippen molar-refractivity contribution < 1.29 is 0 Å². The summed E-state index contributed by atoms with van der Waals surface area (Å²) in [5.74, 6) is 0. The molecule has 0 spiro atoms. The summed E-state index contributed by atoms with van der Waals surface area (Å²) in [6.45, 7) is 3.15. The summed E-state index contributed by atoms with van der Waals surface area (Å²) in [6, 6.07) is 0. The SMILES string of the molecule is CCCCCCCC/C=C\CCCCCCCCCCCN. The van der Waals surface area contributed by atoms with Crippen LogP contribution < -0.4 is 5.73 Å². The zero-order chi connectivity index (χ0) is 16.1. The fourth-order valence-electron chi connectivity index (χ4n) is 2.92. The third kappa shape index (κ3) is 19.7. The highest BCUT2D eigenvalue weighted by Gasteiger charge is 1.92. The Labute approximate surface area is 141 Å². The molecule has 0 aliphatic carbocycles. The van der Waals surface area contributed by atoms with Crippen molar-refractivity contribution in [3.63, 3.8) is 0 Å². The molecule has 0 aliphatic rings. The first-order chi connectivity index (χ1) is 10.9. The van der Waals surface area contributed by atoms with Gasteiger partial charge in [0, 0.05) is 0 Å². The maximum atomic E-state index is 5.49. The van der Waals surface area contributed by atoms with E-state index in [2.05, 4.69) is 19.1 Å². The first-order valence-electron chi connectivity index (χ1n) is 10.3. The number of allylic oxidation sites excluding steroid dienone is 2. The summed E-state index contributed by atoms with van der Waals surface area (Å²) in [5.41, 5.74) is 5.49. The van der Waals surface area contributed by atoms with Gasteiger partial charge in [-0.1, -0.05) is 96.1 Å². The van der Waals surface area contributed by atoms with Gasteiger partial charge in [0.05, 0.1) is 0 Å². The molecule has 0 saturated carbocycles. The maximum absolute atomic E-state index is 5.49. The lowest BCUT2D eigenvalue weighted by Crippen LogP contribution is -1.97. The van der Waals surface area contributed by atoms with Crippen LogP contribution in [0.4, 0.5) is 0 Å². The van der Waals surface area contributed by atoms with Gasteiger partial charge in [-0.3, -0.25) is 0 Å². The van der Waals surface area contributed by atoms with Crippen molar-refractivity contribution >= 4 is 0 Å². The molecule has 0 fully saturated rings. The van der Waals surface area contributed by atoms with Crippen LogP contribution in [0.25, 0.3) is 0 Å². The zero-order valence-corrected chi connectivity index (χ0v) is 15.5. The summed E-state index contributed by atoms with van der Waals surface area (Å²) in [7, 11) is 0. The van der Waals surface area contributed by atoms with Crippen molar-refractivity contribution in [3.05, 3.63) is 12.2 Å². The quantitative estimate of drug-likeness (QED) is 0.211. The van der Waals surface area contributed by atoms with Crippen LogP contribution in [0.1, 0.15) is 116 Å². The molecule has 1 heteroatoms. The molecule has 0 unspecified atom stereocenters. The average molecular weight is 310 g/mol. The van der Waals surface area contributed by atoms with Gasteiger partial charge in [-0.25, -0.2) is 0 Å². The van der Waals surface area contributed by atoms with Gasteiger partial charge in [-0.2, -0.15) is 0 Å². The highest BCUT2D eigenvalue weighted by Crippen LogP contribution is 2.11. The van der Waals surface area contributed by atoms with Gasteiger partial charge in [0.15, 0.2) is 0 Å². The highest BCUT2D eigenvalue weighted by molar-refractivity contribution is 4.81. The van der Waals surface area contributed by atoms with Gasteiger partial charge >= 0.3 is 0 Å². The molecule has 0 amide bonds. The summed E-state index contributed by atoms with van der Waals surface area (Å²) in [6.07, 6.45) is 28.4. The van der Waals surface area contributed by atoms with Gasteiger partial charge in [-0.15, -0.1) is 0 Å². The van der Waals surface area contributed by atoms with E-state index in [-0.39, 0.29) is 0 Å². The lowest BCUT2D eigenvalue weighted by atomic mass is 10.1. The Hall–Kier alpha value is -0.300. The van der Waals surface area contributed by atoms with E-state index in [4.69, 9.17) is 5.73 Å². The van der Waals surface area contributed by atoms with Gasteiger partial charge in [0.2, 0.25) is 0 Å². The van der Waals surface area contributed by atoms with Crippen LogP contribution in [0.3, 0.4) is 0 Å². The summed E-state index contributed by atoms with van der Waals surface area (Å²) in [5, 5.41) is 0. The second-order valence-corrected chi connectivity index (χ2v) is 6.79. The van der Waals surface area contributed by atoms with E-state index in [1.54, 1.807) is 0 Å². The topological polar surface area (TPSA) is 26.0 Å². The van der Waals surface area contributed by atoms with Crippen LogP contribution in [0, 0.1) is 0 Å². The number of hydrogen-bond acceptors (Lipinski definition) is 1. The molecule has 0 aliphatic heterocycles. The van der Waals surface area contributed by atoms with Crippen molar-refractivity contribution in [2.45, 2.75) is 116 Å². The zero-order valence-electron chi connectivity index (χ0n) is 15.5. The molecule has 132 valence electrons. The standard InChI is InChI=1S/C21H43N/c1-2-3-4-5-6-7-8-9-10-11-12-13-14-15-16-17-18-19-20-21-22/h9-10H,2-8,11-22H2,1H3/b10-9-. The Kier molecular flexibility index (Phi) is 20.4. The van der Waals surface area contributed by atoms with Crippen LogP contribution in [0.5, 0.6) is 0 Å². The van der Waals surface area contributed by atoms with E-state index in [1.807, 2.05) is 0 Å². The summed E-state index contributed by atoms with van der Waals surface area (Å²) >= 11 is 0. The lowest BCUT2D eigenvalue weighted by molar-refractivity contribution is 0.561. The van der Waals surface area contributed by atoms with E-state index in [9.17, 15) is 0 Å². The fourth-order valence-corrected chi connectivity index (χ4v) is 2.92. The molecule has 1 nitrogen and oxygen atoms in total. The largest absolute Gasteiger partial charge is 0.330 e. The van der Waals surface area contributed by atoms with Crippen molar-refractivity contribution in [1.29, 1.82) is 0 Å². The van der Waals surface area contributed by atoms with Gasteiger partial charge in [-0.05, 0) is 38.6 Å². The normalized spacial score (nSPS) is 11.5. The summed E-state index contributed by atoms with van der Waals surface area (Å²) < 4.78 is 0. The van der Waals surface area contributed by atoms with Crippen molar-refractivity contribution in [2.24, 2.45) is 5.73 Å². The predicted octanol–water partition coefficient (Wildman–Crippen LogP) is 7.15. The van der Waals surface area contributed by atoms with E-state index in [0.29, 0.717) is 0 Å². The molecule has 0 rings (SSSR count). The molecule has 0 bridgehead atoms. The minimum atomic E-state index is 0.867. The molecule has 22 heavy (non-hydrogen) atoms. The molecule has 0 aromatic rings. The Morgan fingerprint density at radius 3 is 1.27 bits per heavy atom. The maximum Gasteiger partial charge on any atom is -0.00773 e. The number of nitrogens with two attached hydrogens (primary N) is 1. The van der Waals surface area contributed by atoms with Crippen LogP contribution in [0.2, 0.25) is 0 Å². The van der Waals surface area contributed by atoms with Gasteiger partial charge in [0.1, 0.15) is 0 Å². The second kappa shape index (κ2) is 20.7. The monoisotopic (exact) mass is 309 g/mol. The third-order valence-electron chi connectivity index (χ3n) is 4.47. The Bertz CT molecular complexity index is 210. The molecule has 0 radical (unpaired) electrons. The van der Waals surface area contributed by atoms with Gasteiger partial charge < -0.3 is 5.73 Å². The first kappa shape index (κ1) is 21.7. The minimum absolute atomic E-state index is 0.867. The van der Waals surface area contributed by atoms with Crippen LogP contribution >= 0.6 is 0 Å². The Balaban J connectivity index is 3.02. The van der Waals surface area contributed by atoms with E-state index < -0.39 is 0 Å². The molecule has 0 atom stereocenters. The molecular weight excluding hydrogens is 266 g/mol. The molecule has 0 heterocycles. The number of hydrogen-bond donors (Lipinski definition) is 1. The lowest BCUT2D eigenvalue weighted by Gasteiger charge is -2.01. The molecule has 2 N–H and O–H groups in total. The van der Waals surface area contributed by atoms with Crippen molar-refractivity contribution in [3.8, 4) is 0 Å². The smallest absolute Gasteiger partial charge is 0.00773 e. The number of unbranched alkanes of at least 4 members (excludes halogenated alkanes) is 15. The Morgan fingerprint density at radius 2 is 0.864 bits per heavy atom. The van der Waals surface area contributed by atoms with Crippen LogP contribution in [-0.4, -0.2) is 6.54 Å². The second-order valence-electron chi connectivity index (χ2n) is 6.79. The van der Waals surface area contributed by atoms with E-state index in [1.165, 1.54) is 109 Å². The van der Waals surface area contributed by atoms with Crippen LogP contribution in [-0.2, 0) is 0 Å². The van der Waals surface area contributed by atoms with E-state index >= 15 is 0 Å². The van der Waals surface area contributed by atoms with Crippen LogP contribution in [0.15, 0.2) is 12.2 Å². The highest BCUT2D eigenvalue weighted by atomic mass is 14.5. The number of rotatable bonds is 18. The Morgan fingerprint density at radius 1 is 0.500 bits per heavy atom. The fraction of sp³-hybridized carbons (Fsp3) is 0.905. The first-order valence-corrected chi connectivity index (χ1v) is 10.3. The van der Waals surface area contributed by atoms with Crippen molar-refractivity contribution in [2.75, 3.05) is 6.54 Å². The predicted molar refractivity (Wildman–Crippen MR) is 102 cm³/mol.